The van der Waals surface area contributed by atoms with E-state index in [0.29, 0.717) is 49.7 Å². The number of nitrogens with one attached hydrogen (secondary N) is 8. The van der Waals surface area contributed by atoms with Crippen LogP contribution in [0.4, 0.5) is 5.82 Å². The number of pyridine rings is 1. The number of benzene rings is 2. The Kier molecular flexibility index (Phi) is 19.4. The summed E-state index contributed by atoms with van der Waals surface area (Å²) in [5.41, 5.74) is 1.05. The van der Waals surface area contributed by atoms with Gasteiger partial charge in [-0.05, 0) is 66.6 Å². The number of nitrogens with zero attached hydrogens (tertiary/aromatic N) is 4. The highest BCUT2D eigenvalue weighted by Gasteiger charge is 2.34. The summed E-state index contributed by atoms with van der Waals surface area (Å²) < 4.78 is 38.4. The van der Waals surface area contributed by atoms with E-state index in [4.69, 9.17) is 4.74 Å². The highest BCUT2D eigenvalue weighted by molar-refractivity contribution is 7.85. The van der Waals surface area contributed by atoms with E-state index >= 15 is 0 Å². The first-order valence-corrected chi connectivity index (χ1v) is 23.5. The molecule has 25 heteroatoms. The van der Waals surface area contributed by atoms with E-state index in [1.54, 1.807) is 44.2 Å². The lowest BCUT2D eigenvalue weighted by molar-refractivity contribution is -0.141. The van der Waals surface area contributed by atoms with E-state index in [1.165, 1.54) is 36.5 Å². The Morgan fingerprint density at radius 3 is 2.28 bits per heavy atom. The first-order chi connectivity index (χ1) is 33.0. The number of amides is 6. The maximum absolute atomic E-state index is 13.9. The number of aliphatic carboxylic acids is 1. The summed E-state index contributed by atoms with van der Waals surface area (Å²) in [6, 6.07) is 10.1. The molecule has 69 heavy (non-hydrogen) atoms. The minimum Gasteiger partial charge on any atom is -0.494 e. The number of azo groups is 1. The number of carbonyl (C=O) groups excluding carboxylic acids is 6. The van der Waals surface area contributed by atoms with Crippen LogP contribution in [0.5, 0.6) is 5.75 Å². The fourth-order valence-corrected chi connectivity index (χ4v) is 7.64. The van der Waals surface area contributed by atoms with Crippen molar-refractivity contribution in [1.29, 1.82) is 0 Å². The van der Waals surface area contributed by atoms with Crippen LogP contribution >= 0.6 is 0 Å². The number of carboxylic acid groups (broad SMARTS) is 1. The van der Waals surface area contributed by atoms with Gasteiger partial charge in [-0.1, -0.05) is 44.2 Å². The van der Waals surface area contributed by atoms with Crippen LogP contribution in [-0.4, -0.2) is 134 Å². The van der Waals surface area contributed by atoms with Crippen molar-refractivity contribution < 1.29 is 56.4 Å². The van der Waals surface area contributed by atoms with Gasteiger partial charge in [-0.15, -0.1) is 5.11 Å². The molecule has 1 aromatic heterocycles. The molecule has 1 saturated heterocycles. The molecule has 0 saturated carbocycles. The standard InChI is InChI=1S/C44H56N12O12S/c1-26(2)38-43(64)54-32(42(63)53-33(22-37(58)59)40(61)50-25-36(57)52-31(41(62)55-38)8-5-16-46-44-47-18-19-48-44)21-27-10-13-30(14-11-27)68-20-6-17-45-39(60)29-12-15-35(49-23-29)56-51-24-28-7-3-4-9-34(28)69(65,66)67/h3-4,7,9-15,23,26,31-33,38H,5-6,8,16-22,24-25H2,1-2H3,(H,45,60)(H,50,61)(H,52,57)(H,53,63)(H,54,64)(H,55,62)(H,58,59)(H2,46,47,48)(H,65,66,67)/t31?,32?,33?,38-/m1/s1. The molecule has 0 radical (unpaired) electrons. The van der Waals surface area contributed by atoms with Crippen LogP contribution in [0.25, 0.3) is 0 Å². The van der Waals surface area contributed by atoms with Gasteiger partial charge in [0.05, 0.1) is 43.1 Å². The molecule has 1 fully saturated rings. The minimum absolute atomic E-state index is 0.121. The molecule has 3 unspecified atom stereocenters. The number of hydrogen-bond acceptors (Lipinski definition) is 16. The summed E-state index contributed by atoms with van der Waals surface area (Å²) in [6.07, 6.45) is 1.33. The molecule has 2 aromatic carbocycles. The van der Waals surface area contributed by atoms with Crippen LogP contribution in [0.3, 0.4) is 0 Å². The number of guanidine groups is 1. The SMILES string of the molecule is CC(C)[C@H]1NC(=O)C(CCCNC2=NCCN2)NC(=O)CNC(=O)C(CC(=O)O)NC(=O)C(Cc2ccc(OCCCNC(=O)c3ccc(N=NCc4ccccc4S(=O)(=O)O)nc3)cc2)NC1=O. The van der Waals surface area contributed by atoms with Crippen molar-refractivity contribution in [2.45, 2.75) is 81.6 Å². The van der Waals surface area contributed by atoms with E-state index in [2.05, 4.69) is 62.7 Å². The fraction of sp³-hybridized carbons (Fsp3) is 0.432. The van der Waals surface area contributed by atoms with E-state index in [1.807, 2.05) is 0 Å². The summed E-state index contributed by atoms with van der Waals surface area (Å²) >= 11 is 0. The summed E-state index contributed by atoms with van der Waals surface area (Å²) in [7, 11) is -4.43. The Bertz CT molecular complexity index is 2490. The van der Waals surface area contributed by atoms with Crippen molar-refractivity contribution in [3.05, 3.63) is 83.6 Å². The van der Waals surface area contributed by atoms with Crippen molar-refractivity contribution in [1.82, 2.24) is 47.5 Å². The van der Waals surface area contributed by atoms with Gasteiger partial charge >= 0.3 is 5.97 Å². The first-order valence-electron chi connectivity index (χ1n) is 22.1. The predicted molar refractivity (Wildman–Crippen MR) is 247 cm³/mol. The quantitative estimate of drug-likeness (QED) is 0.0425. The topological polar surface area (TPSA) is 350 Å². The van der Waals surface area contributed by atoms with Gasteiger partial charge in [-0.2, -0.15) is 13.5 Å². The average Bonchev–Trinajstić information content (AvgIpc) is 3.84. The minimum atomic E-state index is -4.43. The maximum Gasteiger partial charge on any atom is 0.305 e. The molecule has 24 nitrogen and oxygen atoms in total. The van der Waals surface area contributed by atoms with Crippen LogP contribution < -0.4 is 47.3 Å². The number of aliphatic imine (C=N–C) groups is 1. The summed E-state index contributed by atoms with van der Waals surface area (Å²) in [4.78, 5) is 100. The van der Waals surface area contributed by atoms with Gasteiger partial charge in [0, 0.05) is 32.3 Å². The van der Waals surface area contributed by atoms with Crippen molar-refractivity contribution in [3.8, 4) is 5.75 Å². The van der Waals surface area contributed by atoms with Gasteiger partial charge in [0.2, 0.25) is 29.5 Å². The highest BCUT2D eigenvalue weighted by atomic mass is 32.2. The second-order valence-corrected chi connectivity index (χ2v) is 17.6. The zero-order chi connectivity index (χ0) is 49.9. The summed E-state index contributed by atoms with van der Waals surface area (Å²) in [6.45, 7) is 4.82. The molecule has 10 N–H and O–H groups in total. The number of ether oxygens (including phenoxy) is 1. The van der Waals surface area contributed by atoms with Gasteiger partial charge in [0.25, 0.3) is 16.0 Å². The highest BCUT2D eigenvalue weighted by Crippen LogP contribution is 2.18. The van der Waals surface area contributed by atoms with E-state index < -0.39 is 94.6 Å². The molecular weight excluding hydrogens is 921 g/mol. The Balaban J connectivity index is 1.16. The zero-order valence-electron chi connectivity index (χ0n) is 37.9. The van der Waals surface area contributed by atoms with E-state index in [-0.39, 0.29) is 54.4 Å². The second-order valence-electron chi connectivity index (χ2n) is 16.2. The van der Waals surface area contributed by atoms with E-state index in [9.17, 15) is 51.6 Å². The molecular formula is C44H56N12O12S. The zero-order valence-corrected chi connectivity index (χ0v) is 38.7. The average molecular weight is 977 g/mol. The molecule has 370 valence electrons. The molecule has 6 amide bonds. The lowest BCUT2D eigenvalue weighted by atomic mass is 9.99. The normalized spacial score (nSPS) is 19.4. The van der Waals surface area contributed by atoms with Gasteiger partial charge in [-0.3, -0.25) is 43.1 Å². The van der Waals surface area contributed by atoms with Crippen molar-refractivity contribution in [2.24, 2.45) is 21.1 Å². The molecule has 3 aromatic rings. The lowest BCUT2D eigenvalue weighted by Gasteiger charge is -2.27. The summed E-state index contributed by atoms with van der Waals surface area (Å²) in [5, 5.41) is 39.1. The molecule has 5 rings (SSSR count). The lowest BCUT2D eigenvalue weighted by Crippen LogP contribution is -2.59. The third-order valence-electron chi connectivity index (χ3n) is 10.5. The number of aromatic nitrogens is 1. The summed E-state index contributed by atoms with van der Waals surface area (Å²) in [5.74, 6) is -5.05. The number of carboxylic acids is 1. The molecule has 0 spiro atoms. The van der Waals surface area contributed by atoms with E-state index in [0.717, 1.165) is 0 Å². The van der Waals surface area contributed by atoms with Gasteiger partial charge in [-0.25, -0.2) is 4.98 Å². The Hall–Kier alpha value is -7.54. The molecule has 2 aliphatic rings. The number of carbonyl (C=O) groups is 7. The van der Waals surface area contributed by atoms with Crippen LogP contribution in [0.1, 0.15) is 61.0 Å². The largest absolute Gasteiger partial charge is 0.494 e. The molecule has 4 atom stereocenters. The molecule has 0 bridgehead atoms. The maximum atomic E-state index is 13.9. The van der Waals surface area contributed by atoms with Gasteiger partial charge in [0.15, 0.2) is 11.8 Å². The van der Waals surface area contributed by atoms with Crippen molar-refractivity contribution in [3.63, 3.8) is 0 Å². The smallest absolute Gasteiger partial charge is 0.305 e. The predicted octanol–water partition coefficient (Wildman–Crippen LogP) is -0.118. The third-order valence-corrected chi connectivity index (χ3v) is 11.5. The monoisotopic (exact) mass is 976 g/mol. The Labute approximate surface area is 397 Å². The van der Waals surface area contributed by atoms with Crippen LogP contribution in [-0.2, 0) is 51.9 Å². The number of rotatable bonds is 19. The molecule has 0 aliphatic carbocycles. The fourth-order valence-electron chi connectivity index (χ4n) is 6.92. The van der Waals surface area contributed by atoms with Gasteiger partial charge in [0.1, 0.15) is 29.9 Å². The van der Waals surface area contributed by atoms with Crippen LogP contribution in [0, 0.1) is 5.92 Å². The third kappa shape index (κ3) is 16.9. The second kappa shape index (κ2) is 25.6. The van der Waals surface area contributed by atoms with Crippen LogP contribution in [0.15, 0.2) is 87.0 Å². The number of hydrogen-bond donors (Lipinski definition) is 10. The Morgan fingerprint density at radius 1 is 0.855 bits per heavy atom. The first kappa shape index (κ1) is 52.4. The van der Waals surface area contributed by atoms with Crippen molar-refractivity contribution in [2.75, 3.05) is 39.3 Å². The molecule has 3 heterocycles. The van der Waals surface area contributed by atoms with Crippen molar-refractivity contribution >= 4 is 63.3 Å². The van der Waals surface area contributed by atoms with Crippen LogP contribution in [0.2, 0.25) is 0 Å². The molecule has 2 aliphatic heterocycles. The van der Waals surface area contributed by atoms with Gasteiger partial charge < -0.3 is 52.4 Å². The Morgan fingerprint density at radius 2 is 1.59 bits per heavy atom.